The van der Waals surface area contributed by atoms with Crippen molar-refractivity contribution in [2.45, 2.75) is 58.5 Å². The third-order valence-electron chi connectivity index (χ3n) is 4.08. The molecule has 1 saturated heterocycles. The van der Waals surface area contributed by atoms with Crippen LogP contribution in [0.5, 0.6) is 5.75 Å². The summed E-state index contributed by atoms with van der Waals surface area (Å²) in [6.07, 6.45) is 0.881. The molecule has 6 nitrogen and oxygen atoms in total. The summed E-state index contributed by atoms with van der Waals surface area (Å²) in [4.78, 5) is 16.5. The van der Waals surface area contributed by atoms with Crippen molar-refractivity contribution in [2.24, 2.45) is 0 Å². The highest BCUT2D eigenvalue weighted by molar-refractivity contribution is 7.09. The lowest BCUT2D eigenvalue weighted by Crippen LogP contribution is -2.59. The van der Waals surface area contributed by atoms with Gasteiger partial charge in [0.25, 0.3) is 0 Å². The molecule has 1 amide bonds. The van der Waals surface area contributed by atoms with Gasteiger partial charge in [-0.3, -0.25) is 5.32 Å². The molecule has 2 heterocycles. The van der Waals surface area contributed by atoms with Crippen LogP contribution >= 0.6 is 11.3 Å². The van der Waals surface area contributed by atoms with Crippen LogP contribution in [0.15, 0.2) is 29.6 Å². The fourth-order valence-electron chi connectivity index (χ4n) is 2.79. The molecule has 27 heavy (non-hydrogen) atoms. The van der Waals surface area contributed by atoms with Crippen LogP contribution in [-0.4, -0.2) is 29.0 Å². The Morgan fingerprint density at radius 1 is 1.33 bits per heavy atom. The van der Waals surface area contributed by atoms with Gasteiger partial charge in [-0.2, -0.15) is 0 Å². The van der Waals surface area contributed by atoms with Crippen molar-refractivity contribution >= 4 is 17.4 Å². The molecule has 0 radical (unpaired) electrons. The summed E-state index contributed by atoms with van der Waals surface area (Å²) in [5, 5.41) is 5.91. The lowest BCUT2D eigenvalue weighted by atomic mass is 9.96. The van der Waals surface area contributed by atoms with Gasteiger partial charge >= 0.3 is 6.09 Å². The van der Waals surface area contributed by atoms with Gasteiger partial charge in [-0.1, -0.05) is 12.1 Å². The summed E-state index contributed by atoms with van der Waals surface area (Å²) >= 11 is 1.62. The molecule has 0 bridgehead atoms. The first-order valence-electron chi connectivity index (χ1n) is 9.01. The molecule has 0 saturated carbocycles. The number of carbonyl (C=O) groups is 1. The summed E-state index contributed by atoms with van der Waals surface area (Å²) in [6, 6.07) is 7.83. The highest BCUT2D eigenvalue weighted by Gasteiger charge is 2.41. The summed E-state index contributed by atoms with van der Waals surface area (Å²) < 4.78 is 16.8. The molecule has 0 aliphatic carbocycles. The van der Waals surface area contributed by atoms with Crippen molar-refractivity contribution in [1.29, 1.82) is 0 Å². The number of benzene rings is 1. The first-order chi connectivity index (χ1) is 12.7. The summed E-state index contributed by atoms with van der Waals surface area (Å²) in [7, 11) is 0. The second-order valence-electron chi connectivity index (χ2n) is 7.69. The molecule has 7 heteroatoms. The molecule has 1 fully saturated rings. The lowest BCUT2D eigenvalue weighted by molar-refractivity contribution is -0.164. The highest BCUT2D eigenvalue weighted by atomic mass is 32.1. The van der Waals surface area contributed by atoms with Crippen LogP contribution < -0.4 is 10.1 Å². The van der Waals surface area contributed by atoms with Crippen molar-refractivity contribution in [3.8, 4) is 5.75 Å². The Labute approximate surface area is 163 Å². The van der Waals surface area contributed by atoms with E-state index in [1.54, 1.807) is 11.3 Å². The fraction of sp³-hybridized carbons (Fsp3) is 0.500. The summed E-state index contributed by atoms with van der Waals surface area (Å²) in [5.74, 6) is 0.785. The van der Waals surface area contributed by atoms with Crippen LogP contribution in [0.1, 0.15) is 43.5 Å². The van der Waals surface area contributed by atoms with Crippen molar-refractivity contribution in [3.63, 3.8) is 0 Å². The third-order valence-corrected chi connectivity index (χ3v) is 4.90. The number of amides is 1. The molecule has 1 N–H and O–H groups in total. The number of carbonyl (C=O) groups excluding carboxylic acids is 1. The van der Waals surface area contributed by atoms with Gasteiger partial charge in [-0.15, -0.1) is 11.3 Å². The maximum absolute atomic E-state index is 12.1. The molecule has 1 aliphatic heterocycles. The predicted octanol–water partition coefficient (Wildman–Crippen LogP) is 4.21. The van der Waals surface area contributed by atoms with Crippen molar-refractivity contribution < 1.29 is 19.0 Å². The van der Waals surface area contributed by atoms with Gasteiger partial charge in [0.2, 0.25) is 0 Å². The average molecular weight is 391 g/mol. The zero-order valence-corrected chi connectivity index (χ0v) is 17.0. The van der Waals surface area contributed by atoms with E-state index >= 15 is 0 Å². The first kappa shape index (κ1) is 19.6. The number of thiazole rings is 1. The van der Waals surface area contributed by atoms with Gasteiger partial charge in [0.1, 0.15) is 23.7 Å². The second-order valence-corrected chi connectivity index (χ2v) is 8.75. The average Bonchev–Trinajstić information content (AvgIpc) is 2.96. The predicted molar refractivity (Wildman–Crippen MR) is 104 cm³/mol. The van der Waals surface area contributed by atoms with Crippen LogP contribution in [0.25, 0.3) is 0 Å². The van der Waals surface area contributed by atoms with Gasteiger partial charge in [-0.05, 0) is 45.4 Å². The van der Waals surface area contributed by atoms with E-state index in [1.807, 2.05) is 57.3 Å². The molecule has 1 aliphatic rings. The van der Waals surface area contributed by atoms with Crippen molar-refractivity contribution in [3.05, 3.63) is 45.9 Å². The number of alkyl carbamates (subject to hydrolysis) is 1. The molecule has 146 valence electrons. The van der Waals surface area contributed by atoms with Crippen molar-refractivity contribution in [2.75, 3.05) is 6.61 Å². The molecule has 1 atom stereocenters. The normalized spacial score (nSPS) is 19.3. The number of rotatable bonds is 6. The number of ether oxygens (including phenoxy) is 3. The number of hydrogen-bond donors (Lipinski definition) is 1. The quantitative estimate of drug-likeness (QED) is 0.800. The Balaban J connectivity index is 1.55. The zero-order valence-electron chi connectivity index (χ0n) is 16.2. The SMILES string of the molecule is Cc1nc(COc2ccc(C[C@]3(NC(=O)OC(C)(C)C)CCO3)cc2)cs1. The molecule has 1 aromatic carbocycles. The Bertz CT molecular complexity index is 776. The van der Waals surface area contributed by atoms with Gasteiger partial charge in [0, 0.05) is 18.2 Å². The van der Waals surface area contributed by atoms with E-state index in [9.17, 15) is 4.79 Å². The molecule has 2 aromatic rings. The maximum atomic E-state index is 12.1. The minimum atomic E-state index is -0.692. The Morgan fingerprint density at radius 2 is 2.04 bits per heavy atom. The van der Waals surface area contributed by atoms with Crippen LogP contribution in [0.4, 0.5) is 4.79 Å². The van der Waals surface area contributed by atoms with E-state index in [4.69, 9.17) is 14.2 Å². The minimum absolute atomic E-state index is 0.455. The Hall–Kier alpha value is -2.12. The van der Waals surface area contributed by atoms with Crippen molar-refractivity contribution in [1.82, 2.24) is 10.3 Å². The molecule has 1 aromatic heterocycles. The third kappa shape index (κ3) is 5.68. The zero-order chi connectivity index (χ0) is 19.5. The van der Waals surface area contributed by atoms with Crippen LogP contribution in [0, 0.1) is 6.92 Å². The van der Waals surface area contributed by atoms with E-state index in [-0.39, 0.29) is 0 Å². The number of aryl methyl sites for hydroxylation is 1. The maximum Gasteiger partial charge on any atom is 0.409 e. The lowest BCUT2D eigenvalue weighted by Gasteiger charge is -2.42. The van der Waals surface area contributed by atoms with E-state index in [2.05, 4.69) is 10.3 Å². The highest BCUT2D eigenvalue weighted by Crippen LogP contribution is 2.29. The first-order valence-corrected chi connectivity index (χ1v) is 9.89. The largest absolute Gasteiger partial charge is 0.487 e. The molecular formula is C20H26N2O4S. The van der Waals surface area contributed by atoms with Crippen LogP contribution in [-0.2, 0) is 22.5 Å². The number of aromatic nitrogens is 1. The standard InChI is InChI=1S/C20H26N2O4S/c1-14-21-16(13-27-14)12-24-17-7-5-15(6-8-17)11-20(9-10-25-20)22-18(23)26-19(2,3)4/h5-8,13H,9-12H2,1-4H3,(H,22,23)/t20-/m0/s1. The van der Waals surface area contributed by atoms with E-state index in [1.165, 1.54) is 0 Å². The molecule has 0 spiro atoms. The van der Waals surface area contributed by atoms with Gasteiger partial charge in [0.05, 0.1) is 17.3 Å². The van der Waals surface area contributed by atoms with E-state index in [0.29, 0.717) is 19.6 Å². The number of nitrogens with zero attached hydrogens (tertiary/aromatic N) is 1. The number of nitrogens with one attached hydrogen (secondary N) is 1. The summed E-state index contributed by atoms with van der Waals surface area (Å²) in [6.45, 7) is 8.58. The van der Waals surface area contributed by atoms with Crippen LogP contribution in [0.3, 0.4) is 0 Å². The van der Waals surface area contributed by atoms with E-state index in [0.717, 1.165) is 28.4 Å². The second kappa shape index (κ2) is 7.86. The number of hydrogen-bond acceptors (Lipinski definition) is 6. The smallest absolute Gasteiger partial charge is 0.409 e. The molecule has 3 rings (SSSR count). The summed E-state index contributed by atoms with van der Waals surface area (Å²) in [5.41, 5.74) is 0.764. The fourth-order valence-corrected chi connectivity index (χ4v) is 3.38. The minimum Gasteiger partial charge on any atom is -0.487 e. The molecule has 0 unspecified atom stereocenters. The Morgan fingerprint density at radius 3 is 2.56 bits per heavy atom. The van der Waals surface area contributed by atoms with E-state index < -0.39 is 17.4 Å². The van der Waals surface area contributed by atoms with Crippen LogP contribution in [0.2, 0.25) is 0 Å². The molecular weight excluding hydrogens is 364 g/mol. The topological polar surface area (TPSA) is 69.7 Å². The van der Waals surface area contributed by atoms with Gasteiger partial charge in [-0.25, -0.2) is 9.78 Å². The van der Waals surface area contributed by atoms with Gasteiger partial charge < -0.3 is 14.2 Å². The monoisotopic (exact) mass is 390 g/mol. The van der Waals surface area contributed by atoms with Gasteiger partial charge in [0.15, 0.2) is 0 Å². The Kier molecular flexibility index (Phi) is 5.72.